The largest absolute Gasteiger partial charge is 0.300 e. The minimum Gasteiger partial charge on any atom is -0.300 e. The van der Waals surface area contributed by atoms with E-state index >= 15 is 0 Å². The summed E-state index contributed by atoms with van der Waals surface area (Å²) in [6.07, 6.45) is 12.5. The average Bonchev–Trinajstić information content (AvgIpc) is 2.32. The van der Waals surface area contributed by atoms with Crippen molar-refractivity contribution < 1.29 is 4.79 Å². The summed E-state index contributed by atoms with van der Waals surface area (Å²) in [4.78, 5) is 11.3. The maximum atomic E-state index is 11.3. The van der Waals surface area contributed by atoms with Crippen LogP contribution in [0.25, 0.3) is 0 Å². The van der Waals surface area contributed by atoms with Gasteiger partial charge in [0, 0.05) is 12.8 Å². The molecular weight excluding hydrogens is 160 g/mol. The molecule has 0 aromatic heterocycles. The molecule has 0 aliphatic heterocycles. The zero-order valence-electron chi connectivity index (χ0n) is 8.48. The molecule has 74 valence electrons. The zero-order valence-corrected chi connectivity index (χ0v) is 8.48. The third-order valence-corrected chi connectivity index (χ3v) is 4.01. The monoisotopic (exact) mass is 180 g/mol. The second-order valence-corrected chi connectivity index (χ2v) is 4.95. The number of carbonyl (C=O) groups excluding carboxylic acids is 1. The maximum absolute atomic E-state index is 11.3. The van der Waals surface area contributed by atoms with Crippen molar-refractivity contribution in [1.29, 1.82) is 0 Å². The van der Waals surface area contributed by atoms with Crippen molar-refractivity contribution in [3.05, 3.63) is 0 Å². The van der Waals surface area contributed by atoms with Crippen LogP contribution in [0.4, 0.5) is 0 Å². The van der Waals surface area contributed by atoms with Crippen molar-refractivity contribution in [1.82, 2.24) is 0 Å². The minimum atomic E-state index is 0.516. The van der Waals surface area contributed by atoms with Gasteiger partial charge in [0.05, 0.1) is 0 Å². The maximum Gasteiger partial charge on any atom is 0.132 e. The van der Waals surface area contributed by atoms with E-state index in [0.29, 0.717) is 11.2 Å². The number of ketones is 1. The Morgan fingerprint density at radius 1 is 0.769 bits per heavy atom. The third-order valence-electron chi connectivity index (χ3n) is 4.01. The van der Waals surface area contributed by atoms with Crippen molar-refractivity contribution in [3.63, 3.8) is 0 Å². The summed E-state index contributed by atoms with van der Waals surface area (Å²) in [6, 6.07) is 0. The summed E-state index contributed by atoms with van der Waals surface area (Å²) in [7, 11) is 0. The van der Waals surface area contributed by atoms with Crippen LogP contribution < -0.4 is 0 Å². The summed E-state index contributed by atoms with van der Waals surface area (Å²) in [5, 5.41) is 0. The minimum absolute atomic E-state index is 0.516. The van der Waals surface area contributed by atoms with Gasteiger partial charge < -0.3 is 0 Å². The molecule has 2 fully saturated rings. The van der Waals surface area contributed by atoms with Crippen LogP contribution in [0.15, 0.2) is 0 Å². The highest BCUT2D eigenvalue weighted by molar-refractivity contribution is 5.78. The smallest absolute Gasteiger partial charge is 0.132 e. The molecule has 0 atom stereocenters. The van der Waals surface area contributed by atoms with Crippen LogP contribution in [0.3, 0.4) is 0 Å². The first-order valence-corrected chi connectivity index (χ1v) is 5.83. The summed E-state index contributed by atoms with van der Waals surface area (Å²) < 4.78 is 0. The second-order valence-electron chi connectivity index (χ2n) is 4.95. The fraction of sp³-hybridized carbons (Fsp3) is 0.917. The Bertz CT molecular complexity index is 189. The first-order valence-electron chi connectivity index (χ1n) is 5.83. The highest BCUT2D eigenvalue weighted by Gasteiger charge is 2.33. The van der Waals surface area contributed by atoms with Crippen LogP contribution in [0.1, 0.15) is 64.2 Å². The van der Waals surface area contributed by atoms with E-state index < -0.39 is 0 Å². The standard InChI is InChI=1S/C12H20O/c13-11-5-4-9-12(10-6-11)7-2-1-3-8-12/h1-10H2. The SMILES string of the molecule is O=C1CCCC2(CCCCC2)CC1. The topological polar surface area (TPSA) is 17.1 Å². The molecule has 0 radical (unpaired) electrons. The van der Waals surface area contributed by atoms with E-state index in [2.05, 4.69) is 0 Å². The number of Topliss-reactive ketones (excluding diaryl/α,β-unsaturated/α-hetero) is 1. The van der Waals surface area contributed by atoms with E-state index in [-0.39, 0.29) is 0 Å². The quantitative estimate of drug-likeness (QED) is 0.558. The molecule has 13 heavy (non-hydrogen) atoms. The normalized spacial score (nSPS) is 28.8. The van der Waals surface area contributed by atoms with Crippen LogP contribution in [-0.2, 0) is 4.79 Å². The van der Waals surface area contributed by atoms with E-state index in [9.17, 15) is 4.79 Å². The van der Waals surface area contributed by atoms with Gasteiger partial charge in [-0.15, -0.1) is 0 Å². The van der Waals surface area contributed by atoms with Gasteiger partial charge in [0.2, 0.25) is 0 Å². The number of hydrogen-bond acceptors (Lipinski definition) is 1. The fourth-order valence-corrected chi connectivity index (χ4v) is 3.12. The summed E-state index contributed by atoms with van der Waals surface area (Å²) in [5.41, 5.74) is 0.602. The number of rotatable bonds is 0. The Morgan fingerprint density at radius 2 is 1.46 bits per heavy atom. The second kappa shape index (κ2) is 3.81. The van der Waals surface area contributed by atoms with E-state index in [1.165, 1.54) is 51.4 Å². The molecule has 2 rings (SSSR count). The van der Waals surface area contributed by atoms with E-state index in [4.69, 9.17) is 0 Å². The van der Waals surface area contributed by atoms with Gasteiger partial charge in [0.1, 0.15) is 5.78 Å². The molecular formula is C12H20O. The van der Waals surface area contributed by atoms with Crippen molar-refractivity contribution >= 4 is 5.78 Å². The highest BCUT2D eigenvalue weighted by Crippen LogP contribution is 2.45. The first kappa shape index (κ1) is 9.23. The average molecular weight is 180 g/mol. The molecule has 0 bridgehead atoms. The lowest BCUT2D eigenvalue weighted by Crippen LogP contribution is -2.23. The lowest BCUT2D eigenvalue weighted by Gasteiger charge is -2.36. The van der Waals surface area contributed by atoms with E-state index in [1.807, 2.05) is 0 Å². The van der Waals surface area contributed by atoms with Crippen molar-refractivity contribution in [2.45, 2.75) is 64.2 Å². The molecule has 0 N–H and O–H groups in total. The first-order chi connectivity index (χ1) is 6.31. The lowest BCUT2D eigenvalue weighted by molar-refractivity contribution is -0.119. The Hall–Kier alpha value is -0.330. The van der Waals surface area contributed by atoms with Crippen molar-refractivity contribution in [2.24, 2.45) is 5.41 Å². The molecule has 2 aliphatic rings. The third kappa shape index (κ3) is 2.12. The molecule has 0 amide bonds. The predicted octanol–water partition coefficient (Wildman–Crippen LogP) is 3.47. The summed E-state index contributed by atoms with van der Waals surface area (Å²) >= 11 is 0. The predicted molar refractivity (Wildman–Crippen MR) is 53.6 cm³/mol. The lowest BCUT2D eigenvalue weighted by atomic mass is 9.69. The van der Waals surface area contributed by atoms with Crippen LogP contribution >= 0.6 is 0 Å². The molecule has 2 aliphatic carbocycles. The van der Waals surface area contributed by atoms with Gasteiger partial charge in [0.15, 0.2) is 0 Å². The van der Waals surface area contributed by atoms with Gasteiger partial charge in [-0.2, -0.15) is 0 Å². The number of carbonyl (C=O) groups is 1. The number of hydrogen-bond donors (Lipinski definition) is 0. The van der Waals surface area contributed by atoms with Gasteiger partial charge in [-0.1, -0.05) is 19.3 Å². The van der Waals surface area contributed by atoms with Gasteiger partial charge in [0.25, 0.3) is 0 Å². The zero-order chi connectivity index (χ0) is 9.15. The van der Waals surface area contributed by atoms with Gasteiger partial charge in [-0.3, -0.25) is 4.79 Å². The molecule has 2 saturated carbocycles. The van der Waals surface area contributed by atoms with Crippen LogP contribution in [-0.4, -0.2) is 5.78 Å². The molecule has 1 nitrogen and oxygen atoms in total. The molecule has 0 saturated heterocycles. The highest BCUT2D eigenvalue weighted by atomic mass is 16.1. The molecule has 0 heterocycles. The van der Waals surface area contributed by atoms with E-state index in [0.717, 1.165) is 12.8 Å². The molecule has 1 spiro atoms. The summed E-state index contributed by atoms with van der Waals surface area (Å²) in [5.74, 6) is 0.516. The Kier molecular flexibility index (Phi) is 2.71. The molecule has 1 heteroatoms. The van der Waals surface area contributed by atoms with E-state index in [1.54, 1.807) is 0 Å². The van der Waals surface area contributed by atoms with Crippen LogP contribution in [0.5, 0.6) is 0 Å². The van der Waals surface area contributed by atoms with Crippen molar-refractivity contribution in [3.8, 4) is 0 Å². The Morgan fingerprint density at radius 3 is 2.23 bits per heavy atom. The van der Waals surface area contributed by atoms with Gasteiger partial charge in [-0.05, 0) is 37.5 Å². The fourth-order valence-electron chi connectivity index (χ4n) is 3.12. The Balaban J connectivity index is 1.99. The van der Waals surface area contributed by atoms with Gasteiger partial charge in [-0.25, -0.2) is 0 Å². The van der Waals surface area contributed by atoms with Crippen molar-refractivity contribution in [2.75, 3.05) is 0 Å². The van der Waals surface area contributed by atoms with Crippen LogP contribution in [0, 0.1) is 5.41 Å². The Labute approximate surface area is 80.9 Å². The van der Waals surface area contributed by atoms with Crippen LogP contribution in [0.2, 0.25) is 0 Å². The van der Waals surface area contributed by atoms with Gasteiger partial charge >= 0.3 is 0 Å². The molecule has 0 aromatic carbocycles. The molecule has 0 unspecified atom stereocenters. The molecule has 0 aromatic rings. The summed E-state index contributed by atoms with van der Waals surface area (Å²) in [6.45, 7) is 0.